The van der Waals surface area contributed by atoms with Crippen LogP contribution < -0.4 is 15.4 Å². The number of carbonyl (C=O) groups excluding carboxylic acids is 2. The molecule has 1 saturated heterocycles. The second kappa shape index (κ2) is 10.9. The molecule has 0 saturated carbocycles. The van der Waals surface area contributed by atoms with E-state index in [0.717, 1.165) is 44.2 Å². The highest BCUT2D eigenvalue weighted by atomic mass is 16.5. The van der Waals surface area contributed by atoms with Crippen molar-refractivity contribution in [3.63, 3.8) is 0 Å². The van der Waals surface area contributed by atoms with Crippen LogP contribution in [0.25, 0.3) is 0 Å². The van der Waals surface area contributed by atoms with Gasteiger partial charge in [-0.3, -0.25) is 14.5 Å². The standard InChI is InChI=1S/C20H31N3O4/c1-15(2)19(16-4-6-17(26-3)7-5-16)20(25)22-14-18(24)21-8-9-23-10-12-27-13-11-23/h4-7,15,19H,8-14H2,1-3H3,(H,21,24)(H,22,25). The molecule has 0 aromatic heterocycles. The zero-order valence-corrected chi connectivity index (χ0v) is 16.5. The summed E-state index contributed by atoms with van der Waals surface area (Å²) in [5, 5.41) is 5.62. The van der Waals surface area contributed by atoms with Crippen molar-refractivity contribution in [2.75, 3.05) is 53.0 Å². The minimum absolute atomic E-state index is 0.0126. The first kappa shape index (κ1) is 21.2. The van der Waals surface area contributed by atoms with Crippen molar-refractivity contribution in [1.29, 1.82) is 0 Å². The van der Waals surface area contributed by atoms with Gasteiger partial charge in [0.25, 0.3) is 0 Å². The van der Waals surface area contributed by atoms with Crippen LogP contribution in [0.2, 0.25) is 0 Å². The average molecular weight is 377 g/mol. The minimum atomic E-state index is -0.308. The number of benzene rings is 1. The molecule has 1 aliphatic heterocycles. The van der Waals surface area contributed by atoms with Crippen LogP contribution in [-0.2, 0) is 14.3 Å². The fourth-order valence-electron chi connectivity index (χ4n) is 3.17. The van der Waals surface area contributed by atoms with Gasteiger partial charge in [-0.25, -0.2) is 0 Å². The summed E-state index contributed by atoms with van der Waals surface area (Å²) in [6.45, 7) is 8.62. The number of hydrogen-bond donors (Lipinski definition) is 2. The predicted octanol–water partition coefficient (Wildman–Crippen LogP) is 0.999. The Kier molecular flexibility index (Phi) is 8.54. The normalized spacial score (nSPS) is 16.0. The van der Waals surface area contributed by atoms with E-state index < -0.39 is 0 Å². The van der Waals surface area contributed by atoms with Crippen LogP contribution in [0.3, 0.4) is 0 Å². The average Bonchev–Trinajstić information content (AvgIpc) is 2.67. The van der Waals surface area contributed by atoms with Crippen molar-refractivity contribution in [1.82, 2.24) is 15.5 Å². The smallest absolute Gasteiger partial charge is 0.239 e. The number of morpholine rings is 1. The lowest BCUT2D eigenvalue weighted by atomic mass is 9.87. The quantitative estimate of drug-likeness (QED) is 0.671. The van der Waals surface area contributed by atoms with Gasteiger partial charge in [-0.05, 0) is 23.6 Å². The maximum atomic E-state index is 12.6. The third-order valence-electron chi connectivity index (χ3n) is 4.70. The highest BCUT2D eigenvalue weighted by molar-refractivity contribution is 5.88. The molecule has 0 bridgehead atoms. The Morgan fingerprint density at radius 1 is 1.15 bits per heavy atom. The molecule has 150 valence electrons. The minimum Gasteiger partial charge on any atom is -0.497 e. The summed E-state index contributed by atoms with van der Waals surface area (Å²) < 4.78 is 10.5. The topological polar surface area (TPSA) is 79.9 Å². The van der Waals surface area contributed by atoms with Gasteiger partial charge in [0.15, 0.2) is 0 Å². The van der Waals surface area contributed by atoms with E-state index in [4.69, 9.17) is 9.47 Å². The zero-order valence-electron chi connectivity index (χ0n) is 16.5. The molecule has 7 heteroatoms. The van der Waals surface area contributed by atoms with Crippen LogP contribution >= 0.6 is 0 Å². The second-order valence-electron chi connectivity index (χ2n) is 7.02. The Labute approximate surface area is 161 Å². The lowest BCUT2D eigenvalue weighted by Crippen LogP contribution is -2.44. The zero-order chi connectivity index (χ0) is 19.6. The number of rotatable bonds is 9. The molecule has 0 radical (unpaired) electrons. The molecule has 1 fully saturated rings. The Morgan fingerprint density at radius 2 is 1.81 bits per heavy atom. The van der Waals surface area contributed by atoms with Crippen molar-refractivity contribution in [2.24, 2.45) is 5.92 Å². The maximum absolute atomic E-state index is 12.6. The largest absolute Gasteiger partial charge is 0.497 e. The maximum Gasteiger partial charge on any atom is 0.239 e. The van der Waals surface area contributed by atoms with Gasteiger partial charge in [0, 0.05) is 26.2 Å². The molecule has 0 aliphatic carbocycles. The number of nitrogens with one attached hydrogen (secondary N) is 2. The lowest BCUT2D eigenvalue weighted by molar-refractivity contribution is -0.127. The molecule has 1 aliphatic rings. The number of nitrogens with zero attached hydrogens (tertiary/aromatic N) is 1. The van der Waals surface area contributed by atoms with Crippen LogP contribution in [0.4, 0.5) is 0 Å². The molecule has 1 atom stereocenters. The number of amides is 2. The summed E-state index contributed by atoms with van der Waals surface area (Å²) in [7, 11) is 1.61. The second-order valence-corrected chi connectivity index (χ2v) is 7.02. The van der Waals surface area contributed by atoms with E-state index in [2.05, 4.69) is 15.5 Å². The Morgan fingerprint density at radius 3 is 2.41 bits per heavy atom. The van der Waals surface area contributed by atoms with Gasteiger partial charge in [-0.1, -0.05) is 26.0 Å². The third kappa shape index (κ3) is 6.84. The molecule has 2 N–H and O–H groups in total. The van der Waals surface area contributed by atoms with Gasteiger partial charge in [0.05, 0.1) is 32.8 Å². The van der Waals surface area contributed by atoms with Crippen molar-refractivity contribution in [3.8, 4) is 5.75 Å². The molecule has 0 spiro atoms. The number of methoxy groups -OCH3 is 1. The van der Waals surface area contributed by atoms with Crippen molar-refractivity contribution >= 4 is 11.8 Å². The number of carbonyl (C=O) groups is 2. The molecular formula is C20H31N3O4. The van der Waals surface area contributed by atoms with Crippen molar-refractivity contribution < 1.29 is 19.1 Å². The van der Waals surface area contributed by atoms with Crippen LogP contribution in [0.1, 0.15) is 25.3 Å². The lowest BCUT2D eigenvalue weighted by Gasteiger charge is -2.26. The van der Waals surface area contributed by atoms with Crippen molar-refractivity contribution in [3.05, 3.63) is 29.8 Å². The fourth-order valence-corrected chi connectivity index (χ4v) is 3.17. The highest BCUT2D eigenvalue weighted by Crippen LogP contribution is 2.26. The van der Waals surface area contributed by atoms with E-state index in [0.29, 0.717) is 6.54 Å². The number of hydrogen-bond acceptors (Lipinski definition) is 5. The van der Waals surface area contributed by atoms with E-state index in [9.17, 15) is 9.59 Å². The molecule has 2 rings (SSSR count). The fraction of sp³-hybridized carbons (Fsp3) is 0.600. The van der Waals surface area contributed by atoms with Gasteiger partial charge in [-0.2, -0.15) is 0 Å². The molecular weight excluding hydrogens is 346 g/mol. The molecule has 2 amide bonds. The molecule has 27 heavy (non-hydrogen) atoms. The first-order valence-electron chi connectivity index (χ1n) is 9.49. The molecule has 1 heterocycles. The molecule has 1 unspecified atom stereocenters. The SMILES string of the molecule is COc1ccc(C(C(=O)NCC(=O)NCCN2CCOCC2)C(C)C)cc1. The summed E-state index contributed by atoms with van der Waals surface area (Å²) in [5.74, 6) is 0.244. The van der Waals surface area contributed by atoms with E-state index in [1.807, 2.05) is 38.1 Å². The number of ether oxygens (including phenoxy) is 2. The summed E-state index contributed by atoms with van der Waals surface area (Å²) in [6.07, 6.45) is 0. The van der Waals surface area contributed by atoms with Crippen molar-refractivity contribution in [2.45, 2.75) is 19.8 Å². The summed E-state index contributed by atoms with van der Waals surface area (Å²) in [6, 6.07) is 7.48. The molecule has 1 aromatic carbocycles. The van der Waals surface area contributed by atoms with Gasteiger partial charge < -0.3 is 20.1 Å². The summed E-state index contributed by atoms with van der Waals surface area (Å²) >= 11 is 0. The highest BCUT2D eigenvalue weighted by Gasteiger charge is 2.24. The first-order chi connectivity index (χ1) is 13.0. The van der Waals surface area contributed by atoms with E-state index in [1.165, 1.54) is 0 Å². The van der Waals surface area contributed by atoms with Gasteiger partial charge in [0.2, 0.25) is 11.8 Å². The Bertz CT molecular complexity index is 598. The monoisotopic (exact) mass is 377 g/mol. The van der Waals surface area contributed by atoms with E-state index >= 15 is 0 Å². The summed E-state index contributed by atoms with van der Waals surface area (Å²) in [4.78, 5) is 26.9. The van der Waals surface area contributed by atoms with Crippen LogP contribution in [0, 0.1) is 5.92 Å². The molecule has 7 nitrogen and oxygen atoms in total. The summed E-state index contributed by atoms with van der Waals surface area (Å²) in [5.41, 5.74) is 0.913. The Hall–Kier alpha value is -2.12. The van der Waals surface area contributed by atoms with Crippen LogP contribution in [-0.4, -0.2) is 69.8 Å². The first-order valence-corrected chi connectivity index (χ1v) is 9.49. The third-order valence-corrected chi connectivity index (χ3v) is 4.70. The van der Waals surface area contributed by atoms with Crippen LogP contribution in [0.15, 0.2) is 24.3 Å². The van der Waals surface area contributed by atoms with Gasteiger partial charge in [-0.15, -0.1) is 0 Å². The van der Waals surface area contributed by atoms with E-state index in [1.54, 1.807) is 7.11 Å². The molecule has 1 aromatic rings. The van der Waals surface area contributed by atoms with Gasteiger partial charge in [0.1, 0.15) is 5.75 Å². The van der Waals surface area contributed by atoms with E-state index in [-0.39, 0.29) is 30.2 Å². The van der Waals surface area contributed by atoms with Crippen LogP contribution in [0.5, 0.6) is 5.75 Å². The Balaban J connectivity index is 1.77. The predicted molar refractivity (Wildman–Crippen MR) is 104 cm³/mol. The van der Waals surface area contributed by atoms with Gasteiger partial charge >= 0.3 is 0 Å².